The van der Waals surface area contributed by atoms with Gasteiger partial charge in [-0.1, -0.05) is 6.07 Å². The number of anilines is 2. The summed E-state index contributed by atoms with van der Waals surface area (Å²) in [5.41, 5.74) is 6.91. The molecule has 6 nitrogen and oxygen atoms in total. The standard InChI is InChI=1S/C15H24N2O4/c1-12(21-10-9-20-8-4-7-19-2)15(18)17-14-6-3-5-13(16)11-14/h3,5-6,11-12H,4,7-10,16H2,1-2H3,(H,17,18). The van der Waals surface area contributed by atoms with Crippen molar-refractivity contribution in [2.45, 2.75) is 19.4 Å². The number of nitrogen functional groups attached to an aromatic ring is 1. The Bertz CT molecular complexity index is 426. The molecule has 1 unspecified atom stereocenters. The van der Waals surface area contributed by atoms with Crippen LogP contribution in [0.5, 0.6) is 0 Å². The Labute approximate surface area is 125 Å². The van der Waals surface area contributed by atoms with Crippen LogP contribution in [0.15, 0.2) is 24.3 Å². The highest BCUT2D eigenvalue weighted by Gasteiger charge is 2.13. The first-order chi connectivity index (χ1) is 10.1. The van der Waals surface area contributed by atoms with E-state index in [0.717, 1.165) is 6.42 Å². The zero-order valence-electron chi connectivity index (χ0n) is 12.6. The van der Waals surface area contributed by atoms with Gasteiger partial charge in [0.15, 0.2) is 0 Å². The van der Waals surface area contributed by atoms with Gasteiger partial charge < -0.3 is 25.3 Å². The maximum atomic E-state index is 11.9. The SMILES string of the molecule is COCCCOCCOC(C)C(=O)Nc1cccc(N)c1. The summed E-state index contributed by atoms with van der Waals surface area (Å²) in [7, 11) is 1.66. The Morgan fingerprint density at radius 3 is 2.81 bits per heavy atom. The highest BCUT2D eigenvalue weighted by atomic mass is 16.5. The maximum absolute atomic E-state index is 11.9. The molecule has 0 aliphatic rings. The van der Waals surface area contributed by atoms with Gasteiger partial charge in [0, 0.05) is 31.7 Å². The molecule has 1 aromatic rings. The normalized spacial score (nSPS) is 12.1. The topological polar surface area (TPSA) is 82.8 Å². The predicted octanol–water partition coefficient (Wildman–Crippen LogP) is 1.67. The molecule has 1 amide bonds. The van der Waals surface area contributed by atoms with Gasteiger partial charge in [0.05, 0.1) is 13.2 Å². The number of hydrogen-bond acceptors (Lipinski definition) is 5. The van der Waals surface area contributed by atoms with Crippen LogP contribution in [0.1, 0.15) is 13.3 Å². The first-order valence-corrected chi connectivity index (χ1v) is 6.98. The molecule has 0 heterocycles. The van der Waals surface area contributed by atoms with E-state index in [1.807, 2.05) is 0 Å². The molecule has 0 radical (unpaired) electrons. The van der Waals surface area contributed by atoms with Gasteiger partial charge >= 0.3 is 0 Å². The fourth-order valence-electron chi connectivity index (χ4n) is 1.63. The van der Waals surface area contributed by atoms with Crippen LogP contribution >= 0.6 is 0 Å². The number of rotatable bonds is 10. The fraction of sp³-hybridized carbons (Fsp3) is 0.533. The lowest BCUT2D eigenvalue weighted by atomic mass is 10.2. The van der Waals surface area contributed by atoms with Gasteiger partial charge in [0.2, 0.25) is 0 Å². The van der Waals surface area contributed by atoms with Gasteiger partial charge in [0.1, 0.15) is 6.10 Å². The van der Waals surface area contributed by atoms with Crippen LogP contribution in [-0.4, -0.2) is 45.5 Å². The van der Waals surface area contributed by atoms with Crippen molar-refractivity contribution in [2.24, 2.45) is 0 Å². The van der Waals surface area contributed by atoms with E-state index in [2.05, 4.69) is 5.32 Å². The van der Waals surface area contributed by atoms with E-state index in [-0.39, 0.29) is 5.91 Å². The van der Waals surface area contributed by atoms with E-state index >= 15 is 0 Å². The van der Waals surface area contributed by atoms with E-state index in [0.29, 0.717) is 37.8 Å². The molecule has 0 fully saturated rings. The Morgan fingerprint density at radius 2 is 2.10 bits per heavy atom. The molecule has 6 heteroatoms. The summed E-state index contributed by atoms with van der Waals surface area (Å²) < 4.78 is 15.7. The van der Waals surface area contributed by atoms with Crippen LogP contribution < -0.4 is 11.1 Å². The summed E-state index contributed by atoms with van der Waals surface area (Å²) in [6.07, 6.45) is 0.302. The fourth-order valence-corrected chi connectivity index (χ4v) is 1.63. The Morgan fingerprint density at radius 1 is 1.29 bits per heavy atom. The quantitative estimate of drug-likeness (QED) is 0.507. The summed E-state index contributed by atoms with van der Waals surface area (Å²) in [6, 6.07) is 7.02. The van der Waals surface area contributed by atoms with Crippen molar-refractivity contribution < 1.29 is 19.0 Å². The van der Waals surface area contributed by atoms with Crippen LogP contribution in [-0.2, 0) is 19.0 Å². The van der Waals surface area contributed by atoms with Crippen molar-refractivity contribution in [1.29, 1.82) is 0 Å². The smallest absolute Gasteiger partial charge is 0.253 e. The molecule has 1 aromatic carbocycles. The van der Waals surface area contributed by atoms with Crippen LogP contribution in [0.25, 0.3) is 0 Å². The predicted molar refractivity (Wildman–Crippen MR) is 82.2 cm³/mol. The molecule has 3 N–H and O–H groups in total. The number of amides is 1. The number of ether oxygens (including phenoxy) is 3. The summed E-state index contributed by atoms with van der Waals surface area (Å²) >= 11 is 0. The molecule has 0 saturated carbocycles. The third kappa shape index (κ3) is 7.65. The molecule has 0 aliphatic carbocycles. The molecule has 118 valence electrons. The lowest BCUT2D eigenvalue weighted by Crippen LogP contribution is -2.29. The van der Waals surface area contributed by atoms with Crippen molar-refractivity contribution in [2.75, 3.05) is 44.6 Å². The minimum Gasteiger partial charge on any atom is -0.399 e. The van der Waals surface area contributed by atoms with Crippen molar-refractivity contribution >= 4 is 17.3 Å². The maximum Gasteiger partial charge on any atom is 0.253 e. The van der Waals surface area contributed by atoms with Gasteiger partial charge in [-0.15, -0.1) is 0 Å². The molecule has 1 atom stereocenters. The summed E-state index contributed by atoms with van der Waals surface area (Å²) in [5, 5.41) is 2.75. The molecule has 0 bridgehead atoms. The van der Waals surface area contributed by atoms with Crippen LogP contribution in [0, 0.1) is 0 Å². The molecule has 0 spiro atoms. The number of benzene rings is 1. The largest absolute Gasteiger partial charge is 0.399 e. The van der Waals surface area contributed by atoms with Gasteiger partial charge in [-0.05, 0) is 31.5 Å². The first kappa shape index (κ1) is 17.4. The van der Waals surface area contributed by atoms with Gasteiger partial charge in [-0.25, -0.2) is 0 Å². The van der Waals surface area contributed by atoms with E-state index in [4.69, 9.17) is 19.9 Å². The third-order valence-electron chi connectivity index (χ3n) is 2.76. The van der Waals surface area contributed by atoms with Crippen molar-refractivity contribution in [3.8, 4) is 0 Å². The Kier molecular flexibility index (Phi) is 8.42. The molecule has 1 rings (SSSR count). The molecule has 0 saturated heterocycles. The van der Waals surface area contributed by atoms with E-state index in [1.165, 1.54) is 0 Å². The van der Waals surface area contributed by atoms with Crippen LogP contribution in [0.3, 0.4) is 0 Å². The minimum atomic E-state index is -0.547. The highest BCUT2D eigenvalue weighted by molar-refractivity contribution is 5.94. The molecule has 0 aliphatic heterocycles. The van der Waals surface area contributed by atoms with Gasteiger partial charge in [0.25, 0.3) is 5.91 Å². The lowest BCUT2D eigenvalue weighted by molar-refractivity contribution is -0.127. The van der Waals surface area contributed by atoms with Crippen LogP contribution in [0.4, 0.5) is 11.4 Å². The monoisotopic (exact) mass is 296 g/mol. The highest BCUT2D eigenvalue weighted by Crippen LogP contribution is 2.12. The molecule has 0 aromatic heterocycles. The van der Waals surface area contributed by atoms with E-state index in [1.54, 1.807) is 38.3 Å². The summed E-state index contributed by atoms with van der Waals surface area (Å²) in [4.78, 5) is 11.9. The van der Waals surface area contributed by atoms with Gasteiger partial charge in [-0.3, -0.25) is 4.79 Å². The molecular formula is C15H24N2O4. The van der Waals surface area contributed by atoms with Crippen molar-refractivity contribution in [1.82, 2.24) is 0 Å². The third-order valence-corrected chi connectivity index (χ3v) is 2.76. The minimum absolute atomic E-state index is 0.208. The number of nitrogens with two attached hydrogens (primary N) is 1. The second kappa shape index (κ2) is 10.1. The van der Waals surface area contributed by atoms with Gasteiger partial charge in [-0.2, -0.15) is 0 Å². The second-order valence-corrected chi connectivity index (χ2v) is 4.59. The van der Waals surface area contributed by atoms with Crippen LogP contribution in [0.2, 0.25) is 0 Å². The van der Waals surface area contributed by atoms with E-state index in [9.17, 15) is 4.79 Å². The number of hydrogen-bond donors (Lipinski definition) is 2. The number of carbonyl (C=O) groups is 1. The number of nitrogens with one attached hydrogen (secondary N) is 1. The Hall–Kier alpha value is -1.63. The molecule has 21 heavy (non-hydrogen) atoms. The van der Waals surface area contributed by atoms with Crippen molar-refractivity contribution in [3.05, 3.63) is 24.3 Å². The first-order valence-electron chi connectivity index (χ1n) is 6.98. The second-order valence-electron chi connectivity index (χ2n) is 4.59. The number of methoxy groups -OCH3 is 1. The Balaban J connectivity index is 2.16. The lowest BCUT2D eigenvalue weighted by Gasteiger charge is -2.13. The average molecular weight is 296 g/mol. The molecular weight excluding hydrogens is 272 g/mol. The van der Waals surface area contributed by atoms with E-state index < -0.39 is 6.10 Å². The summed E-state index contributed by atoms with van der Waals surface area (Å²) in [5.74, 6) is -0.208. The zero-order valence-corrected chi connectivity index (χ0v) is 12.6. The zero-order chi connectivity index (χ0) is 15.5. The summed E-state index contributed by atoms with van der Waals surface area (Å²) in [6.45, 7) is 3.84. The average Bonchev–Trinajstić information content (AvgIpc) is 2.46. The van der Waals surface area contributed by atoms with Crippen molar-refractivity contribution in [3.63, 3.8) is 0 Å². The number of carbonyl (C=O) groups excluding carboxylic acids is 1.